The van der Waals surface area contributed by atoms with Crippen LogP contribution >= 0.6 is 0 Å². The van der Waals surface area contributed by atoms with Crippen molar-refractivity contribution in [3.63, 3.8) is 0 Å². The van der Waals surface area contributed by atoms with E-state index in [9.17, 15) is 4.79 Å². The van der Waals surface area contributed by atoms with Crippen molar-refractivity contribution >= 4 is 17.3 Å². The third-order valence-electron chi connectivity index (χ3n) is 4.74. The van der Waals surface area contributed by atoms with E-state index >= 15 is 0 Å². The van der Waals surface area contributed by atoms with E-state index in [0.717, 1.165) is 40.1 Å². The largest absolute Gasteiger partial charge is 0.503 e. The number of aryl methyl sites for hydroxylation is 2. The van der Waals surface area contributed by atoms with E-state index in [1.54, 1.807) is 0 Å². The van der Waals surface area contributed by atoms with Crippen molar-refractivity contribution in [1.29, 1.82) is 0 Å². The third kappa shape index (κ3) is 6.35. The first-order valence-corrected chi connectivity index (χ1v) is 10.2. The predicted octanol–water partition coefficient (Wildman–Crippen LogP) is 5.19. The van der Waals surface area contributed by atoms with Gasteiger partial charge in [0.2, 0.25) is 0 Å². The Morgan fingerprint density at radius 3 is 2.48 bits per heavy atom. The summed E-state index contributed by atoms with van der Waals surface area (Å²) < 4.78 is 16.1. The zero-order chi connectivity index (χ0) is 22.8. The van der Waals surface area contributed by atoms with Crippen LogP contribution in [0.5, 0.6) is 5.75 Å². The van der Waals surface area contributed by atoms with Gasteiger partial charge in [-0.05, 0) is 61.6 Å². The summed E-state index contributed by atoms with van der Waals surface area (Å²) in [5.74, 6) is 0.305. The summed E-state index contributed by atoms with van der Waals surface area (Å²) in [6.07, 6.45) is 2.30. The van der Waals surface area contributed by atoms with E-state index in [4.69, 9.17) is 19.0 Å². The van der Waals surface area contributed by atoms with Crippen LogP contribution in [0.3, 0.4) is 0 Å². The van der Waals surface area contributed by atoms with Crippen LogP contribution in [-0.2, 0) is 25.7 Å². The first-order chi connectivity index (χ1) is 14.9. The molecule has 2 rings (SSSR count). The molecule has 0 aromatic heterocycles. The summed E-state index contributed by atoms with van der Waals surface area (Å²) in [5.41, 5.74) is 5.79. The number of nitrogens with zero attached hydrogens (tertiary/aromatic N) is 1. The Morgan fingerprint density at radius 2 is 1.81 bits per heavy atom. The van der Waals surface area contributed by atoms with Crippen LogP contribution in [0.15, 0.2) is 47.8 Å². The van der Waals surface area contributed by atoms with Gasteiger partial charge in [0.1, 0.15) is 24.5 Å². The molecule has 2 aromatic rings. The van der Waals surface area contributed by atoms with Gasteiger partial charge in [0.25, 0.3) is 0 Å². The molecular weight excluding hydrogens is 394 g/mol. The van der Waals surface area contributed by atoms with Gasteiger partial charge in [-0.3, -0.25) is 0 Å². The minimum Gasteiger partial charge on any atom is -0.503 e. The highest BCUT2D eigenvalue weighted by Gasteiger charge is 2.17. The molecule has 0 radical (unpaired) electrons. The third-order valence-corrected chi connectivity index (χ3v) is 4.74. The molecular formula is C25H31NO5. The average Bonchev–Trinajstić information content (AvgIpc) is 2.77. The van der Waals surface area contributed by atoms with E-state index in [2.05, 4.69) is 11.2 Å². The first kappa shape index (κ1) is 24.0. The van der Waals surface area contributed by atoms with Crippen LogP contribution in [0.4, 0.5) is 0 Å². The quantitative estimate of drug-likeness (QED) is 0.131. The molecule has 0 bridgehead atoms. The summed E-state index contributed by atoms with van der Waals surface area (Å²) in [5, 5.41) is 4.20. The molecule has 0 aliphatic heterocycles. The van der Waals surface area contributed by atoms with Crippen LogP contribution in [0, 0.1) is 13.8 Å². The molecule has 0 saturated carbocycles. The molecule has 2 aromatic carbocycles. The number of carbonyl (C=O) groups excluding carboxylic acids is 1. The number of hydrogen-bond acceptors (Lipinski definition) is 6. The summed E-state index contributed by atoms with van der Waals surface area (Å²) >= 11 is 0. The number of carbonyl (C=O) groups is 1. The Kier molecular flexibility index (Phi) is 9.13. The van der Waals surface area contributed by atoms with Crippen molar-refractivity contribution in [2.24, 2.45) is 5.16 Å². The van der Waals surface area contributed by atoms with Gasteiger partial charge in [-0.1, -0.05) is 36.3 Å². The van der Waals surface area contributed by atoms with Crippen LogP contribution in [-0.4, -0.2) is 32.5 Å². The Hall–Kier alpha value is -3.28. The van der Waals surface area contributed by atoms with Gasteiger partial charge < -0.3 is 19.0 Å². The molecule has 0 aliphatic carbocycles. The fourth-order valence-corrected chi connectivity index (χ4v) is 3.13. The van der Waals surface area contributed by atoms with Gasteiger partial charge in [0.15, 0.2) is 0 Å². The van der Waals surface area contributed by atoms with Gasteiger partial charge in [0, 0.05) is 5.56 Å². The van der Waals surface area contributed by atoms with Crippen LogP contribution in [0.2, 0.25) is 0 Å². The van der Waals surface area contributed by atoms with E-state index in [0.29, 0.717) is 24.4 Å². The Labute approximate surface area is 184 Å². The standard InChI is InChI=1S/C25H31NO5/c1-7-12-31-26-19(4)22-13-18(3)24(14-17(22)2)30-15-20-10-8-9-11-21(20)23(16-28-5)25(27)29-6/h8-11,13-14,16H,7,12,15H2,1-6H3/b23-16+,26-19-. The van der Waals surface area contributed by atoms with Crippen LogP contribution in [0.25, 0.3) is 5.57 Å². The van der Waals surface area contributed by atoms with Crippen molar-refractivity contribution in [2.45, 2.75) is 40.7 Å². The molecule has 166 valence electrons. The highest BCUT2D eigenvalue weighted by Crippen LogP contribution is 2.27. The van der Waals surface area contributed by atoms with Gasteiger partial charge in [0.05, 0.1) is 26.2 Å². The first-order valence-electron chi connectivity index (χ1n) is 10.2. The monoisotopic (exact) mass is 425 g/mol. The average molecular weight is 426 g/mol. The molecule has 6 heteroatoms. The maximum absolute atomic E-state index is 12.2. The lowest BCUT2D eigenvalue weighted by atomic mass is 10.0. The molecule has 0 amide bonds. The van der Waals surface area contributed by atoms with Gasteiger partial charge in [-0.2, -0.15) is 0 Å². The molecule has 0 saturated heterocycles. The maximum atomic E-state index is 12.2. The Bertz CT molecular complexity index is 962. The normalized spacial score (nSPS) is 11.8. The SMILES string of the molecule is CCCO/N=C(/C)c1cc(C)c(OCc2ccccc2/C(=C\OC)C(=O)OC)cc1C. The summed E-state index contributed by atoms with van der Waals surface area (Å²) in [4.78, 5) is 17.5. The van der Waals surface area contributed by atoms with Crippen molar-refractivity contribution in [1.82, 2.24) is 0 Å². The number of oxime groups is 1. The van der Waals surface area contributed by atoms with E-state index in [-0.39, 0.29) is 0 Å². The maximum Gasteiger partial charge on any atom is 0.341 e. The van der Waals surface area contributed by atoms with Gasteiger partial charge in [-0.15, -0.1) is 0 Å². The predicted molar refractivity (Wildman–Crippen MR) is 122 cm³/mol. The molecule has 6 nitrogen and oxygen atoms in total. The molecule has 0 fully saturated rings. The van der Waals surface area contributed by atoms with Crippen molar-refractivity contribution in [3.05, 3.63) is 70.5 Å². The Balaban J connectivity index is 2.26. The number of esters is 1. The molecule has 31 heavy (non-hydrogen) atoms. The van der Waals surface area contributed by atoms with Crippen molar-refractivity contribution < 1.29 is 23.8 Å². The van der Waals surface area contributed by atoms with Crippen LogP contribution < -0.4 is 4.74 Å². The summed E-state index contributed by atoms with van der Waals surface area (Å²) in [6.45, 7) is 8.89. The number of hydrogen-bond donors (Lipinski definition) is 0. The number of benzene rings is 2. The van der Waals surface area contributed by atoms with E-state index in [1.165, 1.54) is 20.5 Å². The fraction of sp³-hybridized carbons (Fsp3) is 0.360. The second-order valence-corrected chi connectivity index (χ2v) is 7.15. The highest BCUT2D eigenvalue weighted by atomic mass is 16.6. The van der Waals surface area contributed by atoms with Gasteiger partial charge in [-0.25, -0.2) is 4.79 Å². The molecule has 0 atom stereocenters. The topological polar surface area (TPSA) is 66.3 Å². The molecule has 0 spiro atoms. The number of methoxy groups -OCH3 is 2. The van der Waals surface area contributed by atoms with Gasteiger partial charge >= 0.3 is 5.97 Å². The second-order valence-electron chi connectivity index (χ2n) is 7.15. The second kappa shape index (κ2) is 11.8. The highest BCUT2D eigenvalue weighted by molar-refractivity contribution is 6.16. The van der Waals surface area contributed by atoms with Crippen molar-refractivity contribution in [3.8, 4) is 5.75 Å². The zero-order valence-electron chi connectivity index (χ0n) is 19.2. The van der Waals surface area contributed by atoms with E-state index in [1.807, 2.05) is 58.0 Å². The lowest BCUT2D eigenvalue weighted by Crippen LogP contribution is -2.09. The number of ether oxygens (including phenoxy) is 3. The fourth-order valence-electron chi connectivity index (χ4n) is 3.13. The molecule has 0 N–H and O–H groups in total. The summed E-state index contributed by atoms with van der Waals surface area (Å²) in [6, 6.07) is 11.6. The zero-order valence-corrected chi connectivity index (χ0v) is 19.2. The molecule has 0 unspecified atom stereocenters. The molecule has 0 heterocycles. The van der Waals surface area contributed by atoms with Crippen molar-refractivity contribution in [2.75, 3.05) is 20.8 Å². The Morgan fingerprint density at radius 1 is 1.06 bits per heavy atom. The van der Waals surface area contributed by atoms with E-state index < -0.39 is 5.97 Å². The summed E-state index contributed by atoms with van der Waals surface area (Å²) in [7, 11) is 2.84. The molecule has 0 aliphatic rings. The van der Waals surface area contributed by atoms with Crippen LogP contribution in [0.1, 0.15) is 48.1 Å². The number of rotatable bonds is 10. The smallest absolute Gasteiger partial charge is 0.341 e. The minimum absolute atomic E-state index is 0.292. The lowest BCUT2D eigenvalue weighted by molar-refractivity contribution is -0.133. The lowest BCUT2D eigenvalue weighted by Gasteiger charge is -2.16. The minimum atomic E-state index is -0.467.